The van der Waals surface area contributed by atoms with Crippen molar-refractivity contribution in [2.75, 3.05) is 0 Å². The maximum Gasteiger partial charge on any atom is -0.00698 e. The van der Waals surface area contributed by atoms with Gasteiger partial charge in [0.2, 0.25) is 0 Å². The summed E-state index contributed by atoms with van der Waals surface area (Å²) < 4.78 is 0. The third-order valence-electron chi connectivity index (χ3n) is 7.26. The van der Waals surface area contributed by atoms with E-state index in [1.165, 1.54) is 84.8 Å². The molecule has 1 saturated carbocycles. The van der Waals surface area contributed by atoms with Gasteiger partial charge in [-0.1, -0.05) is 115 Å². The maximum atomic E-state index is 4.26. The van der Waals surface area contributed by atoms with E-state index in [1.54, 1.807) is 5.56 Å². The van der Waals surface area contributed by atoms with Gasteiger partial charge in [-0.2, -0.15) is 0 Å². The van der Waals surface area contributed by atoms with E-state index in [0.29, 0.717) is 5.41 Å². The number of aryl methyl sites for hydroxylation is 1. The summed E-state index contributed by atoms with van der Waals surface area (Å²) >= 11 is 0. The van der Waals surface area contributed by atoms with E-state index in [2.05, 4.69) is 83.3 Å². The second-order valence-electron chi connectivity index (χ2n) is 11.5. The summed E-state index contributed by atoms with van der Waals surface area (Å²) in [6, 6.07) is 14.3. The van der Waals surface area contributed by atoms with Crippen LogP contribution >= 0.6 is 0 Å². The molecule has 178 valence electrons. The van der Waals surface area contributed by atoms with Crippen molar-refractivity contribution in [2.45, 2.75) is 104 Å². The highest BCUT2D eigenvalue weighted by atomic mass is 14.2. The predicted octanol–water partition coefficient (Wildman–Crippen LogP) is 10.3. The minimum atomic E-state index is 0.385. The molecule has 0 aromatic heterocycles. The van der Waals surface area contributed by atoms with Crippen LogP contribution in [0.3, 0.4) is 0 Å². The summed E-state index contributed by atoms with van der Waals surface area (Å²) in [6.07, 6.45) is 15.8. The first-order valence-electron chi connectivity index (χ1n) is 13.4. The Labute approximate surface area is 204 Å². The minimum Gasteiger partial charge on any atom is -0.0995 e. The molecule has 0 bridgehead atoms. The van der Waals surface area contributed by atoms with Gasteiger partial charge in [-0.15, -0.1) is 0 Å². The largest absolute Gasteiger partial charge is 0.0995 e. The maximum absolute atomic E-state index is 4.26. The molecular weight excluding hydrogens is 396 g/mol. The summed E-state index contributed by atoms with van der Waals surface area (Å²) in [5, 5.41) is 0. The van der Waals surface area contributed by atoms with Crippen molar-refractivity contribution in [2.24, 2.45) is 5.41 Å². The van der Waals surface area contributed by atoms with Crippen molar-refractivity contribution in [3.63, 3.8) is 0 Å². The fourth-order valence-corrected chi connectivity index (χ4v) is 5.44. The van der Waals surface area contributed by atoms with Gasteiger partial charge in [0.1, 0.15) is 0 Å². The van der Waals surface area contributed by atoms with Crippen LogP contribution in [0.25, 0.3) is 17.2 Å². The molecule has 0 heterocycles. The Kier molecular flexibility index (Phi) is 9.19. The third-order valence-corrected chi connectivity index (χ3v) is 7.26. The summed E-state index contributed by atoms with van der Waals surface area (Å²) in [4.78, 5) is 0. The van der Waals surface area contributed by atoms with Gasteiger partial charge in [-0.3, -0.25) is 0 Å². The Morgan fingerprint density at radius 2 is 1.73 bits per heavy atom. The Hall–Kier alpha value is -2.08. The first-order chi connectivity index (χ1) is 15.8. The van der Waals surface area contributed by atoms with Gasteiger partial charge in [0, 0.05) is 0 Å². The van der Waals surface area contributed by atoms with Crippen molar-refractivity contribution in [3.8, 4) is 11.1 Å². The molecule has 0 spiro atoms. The molecular formula is C33H46. The highest BCUT2D eigenvalue weighted by Gasteiger charge is 2.20. The molecule has 1 aliphatic carbocycles. The second-order valence-corrected chi connectivity index (χ2v) is 11.5. The SMILES string of the molecule is C=Cc1c(CCCC(C)(C)C)cc(C2CCCCC2)cc1-c1ccc(CC(=C)CCC)cc1. The molecule has 2 aromatic rings. The molecule has 1 fully saturated rings. The lowest BCUT2D eigenvalue weighted by molar-refractivity contribution is 0.365. The average Bonchev–Trinajstić information content (AvgIpc) is 2.79. The Morgan fingerprint density at radius 3 is 2.33 bits per heavy atom. The molecule has 0 saturated heterocycles. The highest BCUT2D eigenvalue weighted by Crippen LogP contribution is 2.38. The quantitative estimate of drug-likeness (QED) is 0.321. The Balaban J connectivity index is 1.94. The number of hydrogen-bond donors (Lipinski definition) is 0. The van der Waals surface area contributed by atoms with Crippen LogP contribution in [0.2, 0.25) is 0 Å². The lowest BCUT2D eigenvalue weighted by atomic mass is 9.80. The van der Waals surface area contributed by atoms with Crippen molar-refractivity contribution >= 4 is 6.08 Å². The van der Waals surface area contributed by atoms with Gasteiger partial charge in [0.25, 0.3) is 0 Å². The van der Waals surface area contributed by atoms with Crippen LogP contribution in [-0.2, 0) is 12.8 Å². The van der Waals surface area contributed by atoms with Crippen LogP contribution in [0.5, 0.6) is 0 Å². The fraction of sp³-hybridized carbons (Fsp3) is 0.515. The molecule has 0 atom stereocenters. The van der Waals surface area contributed by atoms with E-state index in [1.807, 2.05) is 0 Å². The van der Waals surface area contributed by atoms with Gasteiger partial charge in [0.15, 0.2) is 0 Å². The summed E-state index contributed by atoms with van der Waals surface area (Å²) in [5.74, 6) is 0.717. The average molecular weight is 443 g/mol. The Morgan fingerprint density at radius 1 is 1.03 bits per heavy atom. The molecule has 0 radical (unpaired) electrons. The van der Waals surface area contributed by atoms with E-state index < -0.39 is 0 Å². The van der Waals surface area contributed by atoms with E-state index in [9.17, 15) is 0 Å². The van der Waals surface area contributed by atoms with Gasteiger partial charge >= 0.3 is 0 Å². The van der Waals surface area contributed by atoms with Crippen LogP contribution in [0.1, 0.15) is 114 Å². The fourth-order valence-electron chi connectivity index (χ4n) is 5.44. The first kappa shape index (κ1) is 25.5. The van der Waals surface area contributed by atoms with Crippen molar-refractivity contribution in [1.29, 1.82) is 0 Å². The monoisotopic (exact) mass is 442 g/mol. The molecule has 0 unspecified atom stereocenters. The standard InChI is InChI=1S/C33H46/c1-7-13-25(3)22-26-17-19-28(20-18-26)32-24-30(27-14-10-9-11-15-27)23-29(31(32)8-2)16-12-21-33(4,5)6/h8,17-20,23-24,27H,2-3,7,9-16,21-22H2,1,4-6H3. The zero-order valence-electron chi connectivity index (χ0n) is 21.8. The lowest BCUT2D eigenvalue weighted by Gasteiger charge is -2.25. The zero-order valence-corrected chi connectivity index (χ0v) is 21.8. The molecule has 0 heteroatoms. The topological polar surface area (TPSA) is 0 Å². The van der Waals surface area contributed by atoms with E-state index in [-0.39, 0.29) is 0 Å². The lowest BCUT2D eigenvalue weighted by Crippen LogP contribution is -2.08. The zero-order chi connectivity index (χ0) is 23.8. The van der Waals surface area contributed by atoms with Crippen molar-refractivity contribution in [1.82, 2.24) is 0 Å². The summed E-state index contributed by atoms with van der Waals surface area (Å²) in [7, 11) is 0. The third kappa shape index (κ3) is 7.46. The first-order valence-corrected chi connectivity index (χ1v) is 13.4. The molecule has 2 aromatic carbocycles. The molecule has 0 N–H and O–H groups in total. The number of benzene rings is 2. The normalized spacial score (nSPS) is 14.9. The smallest absolute Gasteiger partial charge is 0.00698 e. The second kappa shape index (κ2) is 11.9. The van der Waals surface area contributed by atoms with Crippen LogP contribution in [0, 0.1) is 5.41 Å². The van der Waals surface area contributed by atoms with Crippen LogP contribution < -0.4 is 0 Å². The molecule has 33 heavy (non-hydrogen) atoms. The van der Waals surface area contributed by atoms with Crippen molar-refractivity contribution < 1.29 is 0 Å². The van der Waals surface area contributed by atoms with Gasteiger partial charge in [0.05, 0.1) is 0 Å². The number of allylic oxidation sites excluding steroid dienone is 1. The van der Waals surface area contributed by atoms with Crippen LogP contribution in [-0.4, -0.2) is 0 Å². The molecule has 0 amide bonds. The summed E-state index contributed by atoms with van der Waals surface area (Å²) in [6.45, 7) is 17.8. The van der Waals surface area contributed by atoms with E-state index in [4.69, 9.17) is 0 Å². The van der Waals surface area contributed by atoms with E-state index >= 15 is 0 Å². The molecule has 3 rings (SSSR count). The van der Waals surface area contributed by atoms with Crippen LogP contribution in [0.4, 0.5) is 0 Å². The number of rotatable bonds is 10. The Bertz CT molecular complexity index is 914. The van der Waals surface area contributed by atoms with Gasteiger partial charge in [-0.05, 0) is 89.7 Å². The molecule has 1 aliphatic rings. The number of hydrogen-bond acceptors (Lipinski definition) is 0. The summed E-state index contributed by atoms with van der Waals surface area (Å²) in [5.41, 5.74) is 10.2. The molecule has 0 nitrogen and oxygen atoms in total. The van der Waals surface area contributed by atoms with Gasteiger partial charge < -0.3 is 0 Å². The van der Waals surface area contributed by atoms with E-state index in [0.717, 1.165) is 25.2 Å². The van der Waals surface area contributed by atoms with Gasteiger partial charge in [-0.25, -0.2) is 0 Å². The van der Waals surface area contributed by atoms with Crippen molar-refractivity contribution in [3.05, 3.63) is 77.4 Å². The predicted molar refractivity (Wildman–Crippen MR) is 148 cm³/mol. The van der Waals surface area contributed by atoms with Crippen LogP contribution in [0.15, 0.2) is 55.1 Å². The minimum absolute atomic E-state index is 0.385. The highest BCUT2D eigenvalue weighted by molar-refractivity contribution is 5.78. The molecule has 0 aliphatic heterocycles.